The first-order chi connectivity index (χ1) is 34.5. The Bertz CT molecular complexity index is 4020. The van der Waals surface area contributed by atoms with Gasteiger partial charge in [0, 0.05) is 27.5 Å². The van der Waals surface area contributed by atoms with Gasteiger partial charge in [0.15, 0.2) is 17.5 Å². The van der Waals surface area contributed by atoms with Gasteiger partial charge in [-0.05, 0) is 45.1 Å². The van der Waals surface area contributed by atoms with E-state index in [4.69, 9.17) is 31.8 Å². The lowest BCUT2D eigenvalue weighted by Gasteiger charge is -2.11. The summed E-state index contributed by atoms with van der Waals surface area (Å²) >= 11 is 0. The SMILES string of the molecule is [2H]c1c([2H])c([2H])c(-c2c([2H])c([2H])c(-c3nc(-c4c([2H])c([2H])c(-c5c([2H])c([2H])c([2H])c6c([2H])c([2H])c([2H])c([2H])c56)c([2H])c4[2H])nc(-c4c([2H])c([2H])c([2H])c5oc6c([2H])c([2H])c([2H])c([2H])c6c45)n3)c([2H])c2[2H])c([2H])c1[2H]. The third kappa shape index (κ3) is 4.84. The van der Waals surface area contributed by atoms with Crippen molar-refractivity contribution in [3.63, 3.8) is 0 Å². The molecule has 0 atom stereocenters. The summed E-state index contributed by atoms with van der Waals surface area (Å²) in [6.45, 7) is 0. The van der Waals surface area contributed by atoms with Crippen LogP contribution in [0.25, 0.3) is 89.1 Å². The molecule has 0 aliphatic heterocycles. The highest BCUT2D eigenvalue weighted by atomic mass is 16.3. The zero-order chi connectivity index (χ0) is 54.7. The van der Waals surface area contributed by atoms with E-state index in [0.717, 1.165) is 0 Å². The highest BCUT2D eigenvalue weighted by Gasteiger charge is 2.18. The summed E-state index contributed by atoms with van der Waals surface area (Å²) in [5, 5.41) is -2.07. The second kappa shape index (κ2) is 11.2. The molecule has 47 heavy (non-hydrogen) atoms. The van der Waals surface area contributed by atoms with Crippen molar-refractivity contribution in [2.45, 2.75) is 0 Å². The van der Waals surface area contributed by atoms with E-state index in [1.807, 2.05) is 0 Å². The van der Waals surface area contributed by atoms with E-state index in [9.17, 15) is 9.60 Å². The van der Waals surface area contributed by atoms with Gasteiger partial charge in [0.25, 0.3) is 0 Å². The van der Waals surface area contributed by atoms with Crippen molar-refractivity contribution in [2.24, 2.45) is 0 Å². The Morgan fingerprint density at radius 2 is 0.872 bits per heavy atom. The molecule has 0 spiro atoms. The van der Waals surface area contributed by atoms with Gasteiger partial charge >= 0.3 is 0 Å². The molecule has 0 radical (unpaired) electrons. The first-order valence-electron chi connectivity index (χ1n) is 27.0. The van der Waals surface area contributed by atoms with Crippen molar-refractivity contribution >= 4 is 32.7 Å². The zero-order valence-corrected chi connectivity index (χ0v) is 23.2. The van der Waals surface area contributed by atoms with Crippen LogP contribution in [0.4, 0.5) is 0 Å². The van der Waals surface area contributed by atoms with Crippen molar-refractivity contribution in [3.05, 3.63) is 163 Å². The maximum absolute atomic E-state index is 9.35. The Morgan fingerprint density at radius 3 is 1.64 bits per heavy atom. The van der Waals surface area contributed by atoms with Gasteiger partial charge in [-0.3, -0.25) is 0 Å². The van der Waals surface area contributed by atoms with Crippen LogP contribution < -0.4 is 0 Å². The Morgan fingerprint density at radius 1 is 0.362 bits per heavy atom. The molecule has 9 rings (SSSR count). The molecule has 2 heterocycles. The van der Waals surface area contributed by atoms with Gasteiger partial charge in [-0.15, -0.1) is 0 Å². The van der Waals surface area contributed by atoms with E-state index in [-0.39, 0.29) is 0 Å². The summed E-state index contributed by atoms with van der Waals surface area (Å²) < 4.78 is 241. The second-order valence-corrected chi connectivity index (χ2v) is 9.57. The smallest absolute Gasteiger partial charge is 0.164 e. The molecule has 0 saturated heterocycles. The van der Waals surface area contributed by atoms with Gasteiger partial charge in [-0.2, -0.15) is 0 Å². The molecule has 0 saturated carbocycles. The number of aromatic nitrogens is 3. The Labute approximate surface area is 309 Å². The van der Waals surface area contributed by atoms with Crippen molar-refractivity contribution in [1.82, 2.24) is 15.0 Å². The standard InChI is InChI=1S/C43H27N3O/c1-2-10-28(11-3-1)29-20-24-32(25-21-29)41-44-42(33-26-22-31(23-27-33)35-16-8-13-30-12-4-5-14-34(30)35)46-43(45-41)37-17-9-19-39-40(37)36-15-6-7-18-38(36)47-39/h1-27H/i1D,2D,3D,4D,5D,6D,7D,8D,9D,10D,11D,12D,13D,14D,15D,16D,17D,18D,19D,20D,21D,22D,23D,24D,25D,26D,27D. The first kappa shape index (κ1) is 11.1. The minimum absolute atomic E-state index is 0.448. The lowest BCUT2D eigenvalue weighted by molar-refractivity contribution is 0.669. The summed E-state index contributed by atoms with van der Waals surface area (Å²) in [5.41, 5.74) is -6.42. The average Bonchev–Trinajstić information content (AvgIpc) is 3.77. The summed E-state index contributed by atoms with van der Waals surface area (Å²) in [5.74, 6) is -2.65. The zero-order valence-electron chi connectivity index (χ0n) is 50.2. The quantitative estimate of drug-likeness (QED) is 0.190. The number of nitrogens with zero attached hydrogens (tertiary/aromatic N) is 3. The van der Waals surface area contributed by atoms with Gasteiger partial charge in [0.1, 0.15) is 11.2 Å². The van der Waals surface area contributed by atoms with Gasteiger partial charge < -0.3 is 4.42 Å². The molecule has 4 nitrogen and oxygen atoms in total. The van der Waals surface area contributed by atoms with E-state index >= 15 is 0 Å². The number of hydrogen-bond donors (Lipinski definition) is 0. The fourth-order valence-corrected chi connectivity index (χ4v) is 4.71. The van der Waals surface area contributed by atoms with E-state index in [1.165, 1.54) is 0 Å². The predicted octanol–water partition coefficient (Wildman–Crippen LogP) is 11.3. The van der Waals surface area contributed by atoms with Crippen molar-refractivity contribution in [2.75, 3.05) is 0 Å². The van der Waals surface area contributed by atoms with Crippen LogP contribution in [0.15, 0.2) is 168 Å². The van der Waals surface area contributed by atoms with Gasteiger partial charge in [-0.1, -0.05) is 151 Å². The van der Waals surface area contributed by atoms with Crippen LogP contribution in [0.3, 0.4) is 0 Å². The number of rotatable bonds is 5. The molecule has 7 aromatic carbocycles. The highest BCUT2D eigenvalue weighted by Crippen LogP contribution is 2.37. The molecule has 0 aliphatic carbocycles. The highest BCUT2D eigenvalue weighted by molar-refractivity contribution is 6.11. The van der Waals surface area contributed by atoms with Crippen LogP contribution in [0, 0.1) is 0 Å². The number of hydrogen-bond acceptors (Lipinski definition) is 4. The fraction of sp³-hybridized carbons (Fsp3) is 0. The monoisotopic (exact) mass is 628 g/mol. The largest absolute Gasteiger partial charge is 0.456 e. The van der Waals surface area contributed by atoms with Gasteiger partial charge in [-0.25, -0.2) is 15.0 Å². The molecule has 0 N–H and O–H groups in total. The van der Waals surface area contributed by atoms with E-state index < -0.39 is 252 Å². The topological polar surface area (TPSA) is 51.8 Å². The maximum atomic E-state index is 9.35. The Balaban J connectivity index is 1.44. The molecule has 9 aromatic rings. The fourth-order valence-electron chi connectivity index (χ4n) is 4.71. The summed E-state index contributed by atoms with van der Waals surface area (Å²) in [4.78, 5) is 13.1. The molecule has 0 amide bonds. The van der Waals surface area contributed by atoms with Crippen LogP contribution in [0.2, 0.25) is 0 Å². The first-order valence-corrected chi connectivity index (χ1v) is 13.5. The summed E-state index contributed by atoms with van der Waals surface area (Å²) in [6.07, 6.45) is 0. The molecule has 220 valence electrons. The molecule has 0 bridgehead atoms. The molecule has 0 fully saturated rings. The summed E-state index contributed by atoms with van der Waals surface area (Å²) in [6, 6.07) is -24.2. The van der Waals surface area contributed by atoms with Crippen LogP contribution in [0.5, 0.6) is 0 Å². The molecular formula is C43H27N3O. The average molecular weight is 629 g/mol. The third-order valence-corrected chi connectivity index (χ3v) is 6.82. The number of para-hydroxylation sites is 1. The lowest BCUT2D eigenvalue weighted by atomic mass is 9.97. The minimum Gasteiger partial charge on any atom is -0.456 e. The van der Waals surface area contributed by atoms with Gasteiger partial charge in [0.05, 0.1) is 37.0 Å². The van der Waals surface area contributed by atoms with E-state index in [0.29, 0.717) is 0 Å². The van der Waals surface area contributed by atoms with Crippen LogP contribution >= 0.6 is 0 Å². The van der Waals surface area contributed by atoms with Gasteiger partial charge in [0.2, 0.25) is 0 Å². The van der Waals surface area contributed by atoms with Crippen molar-refractivity contribution in [3.8, 4) is 56.4 Å². The molecular weight excluding hydrogens is 574 g/mol. The summed E-state index contributed by atoms with van der Waals surface area (Å²) in [7, 11) is 0. The van der Waals surface area contributed by atoms with Crippen molar-refractivity contribution < 1.29 is 41.4 Å². The lowest BCUT2D eigenvalue weighted by Crippen LogP contribution is -2.00. The predicted molar refractivity (Wildman–Crippen MR) is 192 cm³/mol. The number of fused-ring (bicyclic) bond motifs is 4. The number of benzene rings is 7. The second-order valence-electron chi connectivity index (χ2n) is 9.57. The van der Waals surface area contributed by atoms with Crippen LogP contribution in [-0.4, -0.2) is 15.0 Å². The molecule has 4 heteroatoms. The third-order valence-electron chi connectivity index (χ3n) is 6.82. The minimum atomic E-state index is -1.06. The molecule has 0 unspecified atom stereocenters. The Kier molecular flexibility index (Phi) is 2.66. The molecule has 0 aliphatic rings. The maximum Gasteiger partial charge on any atom is 0.164 e. The molecule has 2 aromatic heterocycles. The Hall–Kier alpha value is -6.39. The van der Waals surface area contributed by atoms with E-state index in [2.05, 4.69) is 15.0 Å². The van der Waals surface area contributed by atoms with Crippen LogP contribution in [0.1, 0.15) is 37.0 Å². The van der Waals surface area contributed by atoms with Crippen molar-refractivity contribution in [1.29, 1.82) is 0 Å². The number of furan rings is 1. The van der Waals surface area contributed by atoms with E-state index in [1.54, 1.807) is 0 Å². The normalized spacial score (nSPS) is 19.4. The van der Waals surface area contributed by atoms with Crippen LogP contribution in [-0.2, 0) is 0 Å².